The summed E-state index contributed by atoms with van der Waals surface area (Å²) >= 11 is 1.63. The van der Waals surface area contributed by atoms with Gasteiger partial charge in [-0.05, 0) is 23.3 Å². The Labute approximate surface area is 161 Å². The van der Waals surface area contributed by atoms with Gasteiger partial charge in [-0.3, -0.25) is 4.79 Å². The molecule has 132 valence electrons. The first kappa shape index (κ1) is 17.3. The molecule has 0 aromatic heterocycles. The van der Waals surface area contributed by atoms with Gasteiger partial charge in [0.1, 0.15) is 5.57 Å². The Kier molecular flexibility index (Phi) is 4.65. The van der Waals surface area contributed by atoms with Gasteiger partial charge in [0.15, 0.2) is 0 Å². The second kappa shape index (κ2) is 7.25. The van der Waals surface area contributed by atoms with E-state index in [1.165, 1.54) is 7.11 Å². The van der Waals surface area contributed by atoms with E-state index in [0.29, 0.717) is 11.1 Å². The molecule has 0 fully saturated rings. The van der Waals surface area contributed by atoms with Crippen molar-refractivity contribution in [1.82, 2.24) is 0 Å². The molecule has 0 spiro atoms. The molecule has 0 aliphatic carbocycles. The lowest BCUT2D eigenvalue weighted by Gasteiger charge is -2.24. The van der Waals surface area contributed by atoms with Gasteiger partial charge >= 0.3 is 5.97 Å². The highest BCUT2D eigenvalue weighted by atomic mass is 32.2. The van der Waals surface area contributed by atoms with Gasteiger partial charge in [-0.15, -0.1) is 0 Å². The number of methoxy groups -OCH3 is 1. The maximum Gasteiger partial charge on any atom is 0.342 e. The zero-order chi connectivity index (χ0) is 18.8. The van der Waals surface area contributed by atoms with Gasteiger partial charge in [-0.1, -0.05) is 78.5 Å². The largest absolute Gasteiger partial charge is 0.465 e. The number of carbonyl (C=O) groups is 2. The van der Waals surface area contributed by atoms with E-state index in [-0.39, 0.29) is 11.4 Å². The monoisotopic (exact) mass is 372 g/mol. The van der Waals surface area contributed by atoms with Gasteiger partial charge in [0, 0.05) is 20.9 Å². The summed E-state index contributed by atoms with van der Waals surface area (Å²) in [6, 6.07) is 24.4. The number of hydrogen-bond donors (Lipinski definition) is 0. The van der Waals surface area contributed by atoms with Crippen LogP contribution in [-0.2, 0) is 9.53 Å². The Balaban J connectivity index is 2.05. The summed E-state index contributed by atoms with van der Waals surface area (Å²) in [5.74, 6) is -0.968. The quantitative estimate of drug-likeness (QED) is 0.167. The standard InChI is InChI=1S/C23H16O3S/c1-26-23(25)21(22(24)15-9-3-2-4-10-15)20-16-11-5-7-13-18(16)27-19-14-8-6-12-17(19)20/h2-14H,1H3. The van der Waals surface area contributed by atoms with Crippen LogP contribution in [-0.4, -0.2) is 18.9 Å². The van der Waals surface area contributed by atoms with E-state index in [1.54, 1.807) is 36.0 Å². The van der Waals surface area contributed by atoms with Crippen molar-refractivity contribution >= 4 is 29.1 Å². The smallest absolute Gasteiger partial charge is 0.342 e. The van der Waals surface area contributed by atoms with Crippen molar-refractivity contribution in [3.63, 3.8) is 0 Å². The molecule has 0 amide bonds. The SMILES string of the molecule is COC(=O)C(C(=O)c1ccccc1)=C1c2ccccc2Sc2ccccc21. The van der Waals surface area contributed by atoms with Crippen LogP contribution in [0.1, 0.15) is 21.5 Å². The fraction of sp³-hybridized carbons (Fsp3) is 0.0435. The predicted octanol–water partition coefficient (Wildman–Crippen LogP) is 5.01. The van der Waals surface area contributed by atoms with Gasteiger partial charge in [-0.25, -0.2) is 4.79 Å². The molecule has 3 aromatic carbocycles. The van der Waals surface area contributed by atoms with Crippen LogP contribution in [0, 0.1) is 0 Å². The summed E-state index contributed by atoms with van der Waals surface area (Å²) < 4.78 is 5.01. The summed E-state index contributed by atoms with van der Waals surface area (Å²) in [5.41, 5.74) is 2.87. The highest BCUT2D eigenvalue weighted by molar-refractivity contribution is 7.99. The lowest BCUT2D eigenvalue weighted by molar-refractivity contribution is -0.135. The minimum atomic E-state index is -0.629. The van der Waals surface area contributed by atoms with Crippen LogP contribution in [0.5, 0.6) is 0 Å². The highest BCUT2D eigenvalue weighted by Gasteiger charge is 2.31. The molecule has 0 radical (unpaired) electrons. The highest BCUT2D eigenvalue weighted by Crippen LogP contribution is 2.46. The van der Waals surface area contributed by atoms with E-state index >= 15 is 0 Å². The molecule has 1 aliphatic heterocycles. The first-order chi connectivity index (χ1) is 13.2. The Bertz CT molecular complexity index is 1020. The third kappa shape index (κ3) is 3.09. The summed E-state index contributed by atoms with van der Waals surface area (Å²) in [5, 5.41) is 0. The van der Waals surface area contributed by atoms with Crippen molar-refractivity contribution in [1.29, 1.82) is 0 Å². The zero-order valence-electron chi connectivity index (χ0n) is 14.6. The molecule has 4 heteroatoms. The van der Waals surface area contributed by atoms with Crippen LogP contribution in [0.25, 0.3) is 5.57 Å². The summed E-state index contributed by atoms with van der Waals surface area (Å²) in [7, 11) is 1.30. The van der Waals surface area contributed by atoms with Crippen molar-refractivity contribution in [3.8, 4) is 0 Å². The van der Waals surface area contributed by atoms with Crippen LogP contribution in [0.4, 0.5) is 0 Å². The Hall–Kier alpha value is -3.11. The van der Waals surface area contributed by atoms with Gasteiger partial charge in [0.05, 0.1) is 7.11 Å². The molecule has 0 N–H and O–H groups in total. The predicted molar refractivity (Wildman–Crippen MR) is 106 cm³/mol. The van der Waals surface area contributed by atoms with Gasteiger partial charge < -0.3 is 4.74 Å². The van der Waals surface area contributed by atoms with Crippen molar-refractivity contribution in [2.75, 3.05) is 7.11 Å². The second-order valence-corrected chi connectivity index (χ2v) is 7.11. The number of fused-ring (bicyclic) bond motifs is 2. The van der Waals surface area contributed by atoms with Crippen molar-refractivity contribution in [2.24, 2.45) is 0 Å². The van der Waals surface area contributed by atoms with Crippen molar-refractivity contribution in [2.45, 2.75) is 9.79 Å². The minimum Gasteiger partial charge on any atom is -0.465 e. The summed E-state index contributed by atoms with van der Waals surface area (Å²) in [6.45, 7) is 0. The summed E-state index contributed by atoms with van der Waals surface area (Å²) in [4.78, 5) is 28.1. The number of carbonyl (C=O) groups excluding carboxylic acids is 2. The average Bonchev–Trinajstić information content (AvgIpc) is 2.73. The van der Waals surface area contributed by atoms with Crippen LogP contribution in [0.3, 0.4) is 0 Å². The summed E-state index contributed by atoms with van der Waals surface area (Å²) in [6.07, 6.45) is 0. The van der Waals surface area contributed by atoms with E-state index in [1.807, 2.05) is 54.6 Å². The molecule has 0 bridgehead atoms. The van der Waals surface area contributed by atoms with Crippen molar-refractivity contribution in [3.05, 3.63) is 101 Å². The van der Waals surface area contributed by atoms with E-state index in [9.17, 15) is 9.59 Å². The minimum absolute atomic E-state index is 0.0592. The molecule has 4 rings (SSSR count). The average molecular weight is 372 g/mol. The number of esters is 1. The zero-order valence-corrected chi connectivity index (χ0v) is 15.5. The number of benzene rings is 3. The molecule has 3 nitrogen and oxygen atoms in total. The number of hydrogen-bond acceptors (Lipinski definition) is 4. The van der Waals surface area contributed by atoms with Crippen LogP contribution in [0.2, 0.25) is 0 Å². The molecule has 3 aromatic rings. The Morgan fingerprint density at radius 3 is 1.81 bits per heavy atom. The van der Waals surface area contributed by atoms with Crippen LogP contribution in [0.15, 0.2) is 94.2 Å². The molecule has 1 heterocycles. The fourth-order valence-electron chi connectivity index (χ4n) is 3.20. The molecular weight excluding hydrogens is 356 g/mol. The van der Waals surface area contributed by atoms with Crippen LogP contribution >= 0.6 is 11.8 Å². The molecule has 0 unspecified atom stereocenters. The lowest BCUT2D eigenvalue weighted by atomic mass is 9.88. The third-order valence-corrected chi connectivity index (χ3v) is 5.59. The lowest BCUT2D eigenvalue weighted by Crippen LogP contribution is -2.18. The fourth-order valence-corrected chi connectivity index (χ4v) is 4.29. The van der Waals surface area contributed by atoms with Crippen molar-refractivity contribution < 1.29 is 14.3 Å². The number of ketones is 1. The third-order valence-electron chi connectivity index (χ3n) is 4.44. The van der Waals surface area contributed by atoms with Crippen LogP contribution < -0.4 is 0 Å². The Morgan fingerprint density at radius 2 is 1.26 bits per heavy atom. The molecule has 0 saturated carbocycles. The van der Waals surface area contributed by atoms with E-state index in [2.05, 4.69) is 0 Å². The normalized spacial score (nSPS) is 12.0. The second-order valence-electron chi connectivity index (χ2n) is 6.03. The molecule has 0 atom stereocenters. The number of ether oxygens (including phenoxy) is 1. The van der Waals surface area contributed by atoms with E-state index in [0.717, 1.165) is 20.9 Å². The maximum atomic E-state index is 13.3. The van der Waals surface area contributed by atoms with E-state index < -0.39 is 5.97 Å². The van der Waals surface area contributed by atoms with Gasteiger partial charge in [0.2, 0.25) is 5.78 Å². The molecular formula is C23H16O3S. The Morgan fingerprint density at radius 1 is 0.741 bits per heavy atom. The van der Waals surface area contributed by atoms with Gasteiger partial charge in [-0.2, -0.15) is 0 Å². The number of Topliss-reactive ketones (excluding diaryl/α,β-unsaturated/α-hetero) is 1. The maximum absolute atomic E-state index is 13.3. The molecule has 0 saturated heterocycles. The molecule has 27 heavy (non-hydrogen) atoms. The molecule has 1 aliphatic rings. The van der Waals surface area contributed by atoms with Gasteiger partial charge in [0.25, 0.3) is 0 Å². The number of rotatable bonds is 3. The van der Waals surface area contributed by atoms with E-state index in [4.69, 9.17) is 4.74 Å². The first-order valence-electron chi connectivity index (χ1n) is 8.49. The topological polar surface area (TPSA) is 43.4 Å². The first-order valence-corrected chi connectivity index (χ1v) is 9.31.